The Hall–Kier alpha value is -1.19. The molecule has 0 aliphatic carbocycles. The summed E-state index contributed by atoms with van der Waals surface area (Å²) in [5.74, 6) is 0. The van der Waals surface area contributed by atoms with Crippen molar-refractivity contribution in [1.82, 2.24) is 4.98 Å². The molecule has 0 amide bonds. The minimum Gasteiger partial charge on any atom is -0.385 e. The molecule has 0 fully saturated rings. The van der Waals surface area contributed by atoms with Crippen LogP contribution in [0.3, 0.4) is 0 Å². The topological polar surface area (TPSA) is 33.1 Å². The number of aryl methyl sites for hydroxylation is 3. The summed E-state index contributed by atoms with van der Waals surface area (Å²) in [6, 6.07) is 6.22. The standard InChI is InChI=1S/C15H19NOS/c1-10-5-11(2)7-13(6-10)15(4,17)8-14-16-12(3)9-18-14/h5-7,9,17H,8H2,1-4H3. The largest absolute Gasteiger partial charge is 0.385 e. The van der Waals surface area contributed by atoms with Crippen molar-refractivity contribution in [2.75, 3.05) is 0 Å². The van der Waals surface area contributed by atoms with E-state index in [1.54, 1.807) is 11.3 Å². The van der Waals surface area contributed by atoms with Crippen LogP contribution in [0.5, 0.6) is 0 Å². The molecule has 0 bridgehead atoms. The average molecular weight is 261 g/mol. The molecule has 2 aromatic rings. The van der Waals surface area contributed by atoms with Gasteiger partial charge in [0.2, 0.25) is 0 Å². The molecule has 0 saturated heterocycles. The van der Waals surface area contributed by atoms with Gasteiger partial charge in [0.05, 0.1) is 10.6 Å². The lowest BCUT2D eigenvalue weighted by Crippen LogP contribution is -2.24. The van der Waals surface area contributed by atoms with Crippen LogP contribution in [-0.4, -0.2) is 10.1 Å². The van der Waals surface area contributed by atoms with Crippen LogP contribution in [0.1, 0.15) is 34.3 Å². The van der Waals surface area contributed by atoms with Gasteiger partial charge in [0.25, 0.3) is 0 Å². The molecule has 2 rings (SSSR count). The monoisotopic (exact) mass is 261 g/mol. The molecule has 18 heavy (non-hydrogen) atoms. The SMILES string of the molecule is Cc1cc(C)cc(C(C)(O)Cc2nc(C)cs2)c1. The highest BCUT2D eigenvalue weighted by atomic mass is 32.1. The van der Waals surface area contributed by atoms with Crippen molar-refractivity contribution in [3.8, 4) is 0 Å². The first-order chi connectivity index (χ1) is 8.37. The van der Waals surface area contributed by atoms with Gasteiger partial charge < -0.3 is 5.11 Å². The van der Waals surface area contributed by atoms with Crippen LogP contribution in [0, 0.1) is 20.8 Å². The Kier molecular flexibility index (Phi) is 3.55. The lowest BCUT2D eigenvalue weighted by Gasteiger charge is -2.23. The molecule has 1 aromatic carbocycles. The van der Waals surface area contributed by atoms with E-state index in [0.29, 0.717) is 6.42 Å². The lowest BCUT2D eigenvalue weighted by atomic mass is 9.90. The molecular weight excluding hydrogens is 242 g/mol. The lowest BCUT2D eigenvalue weighted by molar-refractivity contribution is 0.0574. The third kappa shape index (κ3) is 2.98. The van der Waals surface area contributed by atoms with Crippen LogP contribution in [0.2, 0.25) is 0 Å². The van der Waals surface area contributed by atoms with Crippen molar-refractivity contribution >= 4 is 11.3 Å². The summed E-state index contributed by atoms with van der Waals surface area (Å²) in [6.07, 6.45) is 0.564. The predicted molar refractivity (Wildman–Crippen MR) is 76.0 cm³/mol. The van der Waals surface area contributed by atoms with E-state index in [1.165, 1.54) is 11.1 Å². The Labute approximate surface area is 112 Å². The van der Waals surface area contributed by atoms with E-state index < -0.39 is 5.60 Å². The molecule has 0 radical (unpaired) electrons. The smallest absolute Gasteiger partial charge is 0.0960 e. The van der Waals surface area contributed by atoms with Crippen molar-refractivity contribution in [3.05, 3.63) is 51.0 Å². The van der Waals surface area contributed by atoms with Gasteiger partial charge in [-0.1, -0.05) is 29.3 Å². The fourth-order valence-corrected chi connectivity index (χ4v) is 3.09. The maximum Gasteiger partial charge on any atom is 0.0960 e. The van der Waals surface area contributed by atoms with Crippen LogP contribution in [-0.2, 0) is 12.0 Å². The summed E-state index contributed by atoms with van der Waals surface area (Å²) in [4.78, 5) is 4.42. The zero-order valence-corrected chi connectivity index (χ0v) is 12.1. The van der Waals surface area contributed by atoms with E-state index in [1.807, 2.05) is 31.4 Å². The number of hydrogen-bond donors (Lipinski definition) is 1. The van der Waals surface area contributed by atoms with Gasteiger partial charge in [-0.2, -0.15) is 0 Å². The second-order valence-corrected chi connectivity index (χ2v) is 6.15. The number of hydrogen-bond acceptors (Lipinski definition) is 3. The summed E-state index contributed by atoms with van der Waals surface area (Å²) in [5, 5.41) is 13.7. The predicted octanol–water partition coefficient (Wildman–Crippen LogP) is 3.52. The molecule has 1 heterocycles. The summed E-state index contributed by atoms with van der Waals surface area (Å²) in [5.41, 5.74) is 3.49. The van der Waals surface area contributed by atoms with Crippen LogP contribution in [0.15, 0.2) is 23.6 Å². The number of aliphatic hydroxyl groups is 1. The Morgan fingerprint density at radius 2 is 1.78 bits per heavy atom. The highest BCUT2D eigenvalue weighted by Crippen LogP contribution is 2.28. The fourth-order valence-electron chi connectivity index (χ4n) is 2.17. The van der Waals surface area contributed by atoms with Gasteiger partial charge in [-0.05, 0) is 33.3 Å². The molecule has 0 aliphatic heterocycles. The maximum absolute atomic E-state index is 10.7. The van der Waals surface area contributed by atoms with Gasteiger partial charge >= 0.3 is 0 Å². The van der Waals surface area contributed by atoms with Crippen LogP contribution in [0.25, 0.3) is 0 Å². The minimum absolute atomic E-state index is 0.564. The minimum atomic E-state index is -0.860. The van der Waals surface area contributed by atoms with Gasteiger partial charge in [0.1, 0.15) is 0 Å². The first kappa shape index (κ1) is 13.2. The normalized spacial score (nSPS) is 14.5. The molecule has 2 nitrogen and oxygen atoms in total. The van der Waals surface area contributed by atoms with Crippen LogP contribution >= 0.6 is 11.3 Å². The van der Waals surface area contributed by atoms with Gasteiger partial charge in [-0.3, -0.25) is 0 Å². The average Bonchev–Trinajstić information content (AvgIpc) is 2.61. The Morgan fingerprint density at radius 1 is 1.17 bits per heavy atom. The van der Waals surface area contributed by atoms with E-state index in [9.17, 15) is 5.11 Å². The Bertz CT molecular complexity index is 537. The van der Waals surface area contributed by atoms with E-state index in [0.717, 1.165) is 16.3 Å². The number of nitrogens with zero attached hydrogens (tertiary/aromatic N) is 1. The number of rotatable bonds is 3. The molecule has 1 unspecified atom stereocenters. The fraction of sp³-hybridized carbons (Fsp3) is 0.400. The third-order valence-electron chi connectivity index (χ3n) is 3.01. The first-order valence-corrected chi connectivity index (χ1v) is 6.97. The van der Waals surface area contributed by atoms with E-state index >= 15 is 0 Å². The molecule has 0 spiro atoms. The summed E-state index contributed by atoms with van der Waals surface area (Å²) in [6.45, 7) is 7.95. The molecular formula is C15H19NOS. The molecule has 96 valence electrons. The molecule has 3 heteroatoms. The zero-order valence-electron chi connectivity index (χ0n) is 11.3. The number of aromatic nitrogens is 1. The summed E-state index contributed by atoms with van der Waals surface area (Å²) in [7, 11) is 0. The van der Waals surface area contributed by atoms with E-state index in [-0.39, 0.29) is 0 Å². The Balaban J connectivity index is 2.29. The zero-order chi connectivity index (χ0) is 13.3. The number of benzene rings is 1. The molecule has 0 saturated carbocycles. The first-order valence-electron chi connectivity index (χ1n) is 6.09. The van der Waals surface area contributed by atoms with Gasteiger partial charge in [0, 0.05) is 17.5 Å². The molecule has 1 aromatic heterocycles. The van der Waals surface area contributed by atoms with Crippen molar-refractivity contribution in [2.45, 2.75) is 39.7 Å². The third-order valence-corrected chi connectivity index (χ3v) is 3.97. The second-order valence-electron chi connectivity index (χ2n) is 5.21. The summed E-state index contributed by atoms with van der Waals surface area (Å²) < 4.78 is 0. The van der Waals surface area contributed by atoms with Gasteiger partial charge in [-0.25, -0.2) is 4.98 Å². The van der Waals surface area contributed by atoms with Gasteiger partial charge in [0.15, 0.2) is 0 Å². The maximum atomic E-state index is 10.7. The van der Waals surface area contributed by atoms with E-state index in [4.69, 9.17) is 0 Å². The van der Waals surface area contributed by atoms with Crippen molar-refractivity contribution in [2.24, 2.45) is 0 Å². The Morgan fingerprint density at radius 3 is 2.28 bits per heavy atom. The van der Waals surface area contributed by atoms with Crippen LogP contribution < -0.4 is 0 Å². The van der Waals surface area contributed by atoms with E-state index in [2.05, 4.69) is 24.9 Å². The molecule has 1 atom stereocenters. The highest BCUT2D eigenvalue weighted by molar-refractivity contribution is 7.09. The second kappa shape index (κ2) is 4.82. The summed E-state index contributed by atoms with van der Waals surface area (Å²) >= 11 is 1.61. The number of thiazole rings is 1. The highest BCUT2D eigenvalue weighted by Gasteiger charge is 2.25. The van der Waals surface area contributed by atoms with Crippen molar-refractivity contribution in [1.29, 1.82) is 0 Å². The van der Waals surface area contributed by atoms with Crippen molar-refractivity contribution < 1.29 is 5.11 Å². The van der Waals surface area contributed by atoms with Crippen LogP contribution in [0.4, 0.5) is 0 Å². The van der Waals surface area contributed by atoms with Gasteiger partial charge in [-0.15, -0.1) is 11.3 Å². The van der Waals surface area contributed by atoms with Crippen molar-refractivity contribution in [3.63, 3.8) is 0 Å². The molecule has 1 N–H and O–H groups in total. The molecule has 0 aliphatic rings. The quantitative estimate of drug-likeness (QED) is 0.917.